The van der Waals surface area contributed by atoms with Crippen molar-refractivity contribution < 1.29 is 35.0 Å². The topological polar surface area (TPSA) is 120 Å². The van der Waals surface area contributed by atoms with Gasteiger partial charge in [0.15, 0.2) is 6.29 Å². The number of aliphatic hydroxyl groups excluding tert-OH is 4. The molecule has 84 valence electrons. The highest BCUT2D eigenvalue weighted by Crippen LogP contribution is 2.27. The van der Waals surface area contributed by atoms with E-state index in [4.69, 9.17) is 5.11 Å². The molecule has 0 aromatic rings. The highest BCUT2D eigenvalue weighted by Gasteiger charge is 2.52. The smallest absolute Gasteiger partial charge is 0.221 e. The maximum atomic E-state index is 9.40. The second kappa shape index (κ2) is 4.07. The average Bonchev–Trinajstić information content (AvgIpc) is 2.15. The zero-order valence-electron chi connectivity index (χ0n) is 7.57. The predicted molar refractivity (Wildman–Crippen MR) is 41.9 cm³/mol. The van der Waals surface area contributed by atoms with Gasteiger partial charge in [-0.3, -0.25) is 0 Å². The Morgan fingerprint density at radius 3 is 2.36 bits per heavy atom. The van der Waals surface area contributed by atoms with Crippen molar-refractivity contribution in [1.82, 2.24) is 0 Å². The van der Waals surface area contributed by atoms with Crippen molar-refractivity contribution in [3.63, 3.8) is 0 Å². The lowest BCUT2D eigenvalue weighted by Gasteiger charge is -2.44. The summed E-state index contributed by atoms with van der Waals surface area (Å²) in [5, 5.41) is 46.1. The largest absolute Gasteiger partial charge is 0.391 e. The third-order valence-electron chi connectivity index (χ3n) is 2.23. The van der Waals surface area contributed by atoms with Crippen LogP contribution in [-0.2, 0) is 9.47 Å². The number of hydrogen-bond donors (Lipinski definition) is 5. The van der Waals surface area contributed by atoms with Crippen LogP contribution in [0.5, 0.6) is 0 Å². The Labute approximate surface area is 80.1 Å². The number of hydrogen-bond acceptors (Lipinski definition) is 7. The zero-order chi connectivity index (χ0) is 10.9. The Morgan fingerprint density at radius 2 is 1.93 bits per heavy atom. The van der Waals surface area contributed by atoms with Crippen LogP contribution in [0, 0.1) is 0 Å². The number of ether oxygens (including phenoxy) is 2. The minimum absolute atomic E-state index is 0.946. The van der Waals surface area contributed by atoms with Gasteiger partial charge in [0.2, 0.25) is 5.79 Å². The van der Waals surface area contributed by atoms with Crippen LogP contribution in [0.25, 0.3) is 0 Å². The molecule has 1 aliphatic heterocycles. The molecule has 1 aliphatic rings. The van der Waals surface area contributed by atoms with Crippen molar-refractivity contribution in [2.45, 2.75) is 30.4 Å². The standard InChI is InChI=1S/C7H14O7/c1-13-4-3(9)5(10)7(12,2-8)14-6(4)11/h3-6,8-12H,2H2,1H3/t3-,4-,5-,6?,7?/m0/s1. The number of methoxy groups -OCH3 is 1. The molecule has 1 fully saturated rings. The molecule has 1 heterocycles. The second-order valence-corrected chi connectivity index (χ2v) is 3.15. The zero-order valence-corrected chi connectivity index (χ0v) is 7.57. The fourth-order valence-electron chi connectivity index (χ4n) is 1.35. The molecular formula is C7H14O7. The molecule has 0 bridgehead atoms. The fraction of sp³-hybridized carbons (Fsp3) is 1.00. The highest BCUT2D eigenvalue weighted by atomic mass is 16.7. The Hall–Kier alpha value is -0.280. The van der Waals surface area contributed by atoms with Crippen LogP contribution in [0.2, 0.25) is 0 Å². The molecule has 7 nitrogen and oxygen atoms in total. The highest BCUT2D eigenvalue weighted by molar-refractivity contribution is 4.93. The van der Waals surface area contributed by atoms with Gasteiger partial charge < -0.3 is 35.0 Å². The molecule has 0 aliphatic carbocycles. The van der Waals surface area contributed by atoms with Crippen molar-refractivity contribution in [1.29, 1.82) is 0 Å². The first-order chi connectivity index (χ1) is 6.46. The molecule has 5 atom stereocenters. The Bertz CT molecular complexity index is 198. The number of rotatable bonds is 2. The first-order valence-corrected chi connectivity index (χ1v) is 4.04. The van der Waals surface area contributed by atoms with Gasteiger partial charge in [-0.05, 0) is 0 Å². The van der Waals surface area contributed by atoms with Gasteiger partial charge in [0.25, 0.3) is 0 Å². The molecule has 5 N–H and O–H groups in total. The van der Waals surface area contributed by atoms with E-state index in [0.717, 1.165) is 0 Å². The maximum absolute atomic E-state index is 9.40. The molecule has 1 saturated heterocycles. The van der Waals surface area contributed by atoms with Crippen LogP contribution < -0.4 is 0 Å². The van der Waals surface area contributed by atoms with E-state index in [2.05, 4.69) is 9.47 Å². The van der Waals surface area contributed by atoms with Crippen LogP contribution >= 0.6 is 0 Å². The molecule has 0 amide bonds. The van der Waals surface area contributed by atoms with Crippen molar-refractivity contribution in [2.24, 2.45) is 0 Å². The molecule has 1 rings (SSSR count). The van der Waals surface area contributed by atoms with E-state index < -0.39 is 37.0 Å². The molecule has 7 heteroatoms. The summed E-state index contributed by atoms with van der Waals surface area (Å²) in [5.41, 5.74) is 0. The maximum Gasteiger partial charge on any atom is 0.221 e. The third kappa shape index (κ3) is 1.75. The van der Waals surface area contributed by atoms with Crippen LogP contribution in [-0.4, -0.2) is 69.6 Å². The van der Waals surface area contributed by atoms with Crippen molar-refractivity contribution in [3.05, 3.63) is 0 Å². The first-order valence-electron chi connectivity index (χ1n) is 4.04. The lowest BCUT2D eigenvalue weighted by molar-refractivity contribution is -0.392. The summed E-state index contributed by atoms with van der Waals surface area (Å²) < 4.78 is 9.18. The molecule has 0 aromatic heterocycles. The summed E-state index contributed by atoms with van der Waals surface area (Å²) in [6.45, 7) is -0.946. The van der Waals surface area contributed by atoms with Gasteiger partial charge in [-0.2, -0.15) is 0 Å². The quantitative estimate of drug-likeness (QED) is 0.325. The Kier molecular flexibility index (Phi) is 3.43. The van der Waals surface area contributed by atoms with E-state index in [1.54, 1.807) is 0 Å². The van der Waals surface area contributed by atoms with E-state index in [1.807, 2.05) is 0 Å². The van der Waals surface area contributed by atoms with Crippen molar-refractivity contribution in [3.8, 4) is 0 Å². The van der Waals surface area contributed by atoms with E-state index in [-0.39, 0.29) is 0 Å². The van der Waals surface area contributed by atoms with Gasteiger partial charge in [-0.15, -0.1) is 0 Å². The van der Waals surface area contributed by atoms with Gasteiger partial charge in [0, 0.05) is 7.11 Å². The molecular weight excluding hydrogens is 196 g/mol. The van der Waals surface area contributed by atoms with Gasteiger partial charge in [-0.25, -0.2) is 0 Å². The van der Waals surface area contributed by atoms with Crippen LogP contribution in [0.4, 0.5) is 0 Å². The summed E-state index contributed by atoms with van der Waals surface area (Å²) in [4.78, 5) is 0. The van der Waals surface area contributed by atoms with Crippen molar-refractivity contribution in [2.75, 3.05) is 13.7 Å². The second-order valence-electron chi connectivity index (χ2n) is 3.15. The van der Waals surface area contributed by atoms with E-state index in [1.165, 1.54) is 7.11 Å². The van der Waals surface area contributed by atoms with E-state index in [0.29, 0.717) is 0 Å². The minimum Gasteiger partial charge on any atom is -0.391 e. The average molecular weight is 210 g/mol. The third-order valence-corrected chi connectivity index (χ3v) is 2.23. The fourth-order valence-corrected chi connectivity index (χ4v) is 1.35. The van der Waals surface area contributed by atoms with Crippen molar-refractivity contribution >= 4 is 0 Å². The molecule has 0 aromatic carbocycles. The van der Waals surface area contributed by atoms with E-state index in [9.17, 15) is 20.4 Å². The van der Waals surface area contributed by atoms with E-state index >= 15 is 0 Å². The van der Waals surface area contributed by atoms with Gasteiger partial charge in [-0.1, -0.05) is 0 Å². The molecule has 0 radical (unpaired) electrons. The van der Waals surface area contributed by atoms with Crippen LogP contribution in [0.3, 0.4) is 0 Å². The minimum atomic E-state index is -2.37. The van der Waals surface area contributed by atoms with Crippen LogP contribution in [0.15, 0.2) is 0 Å². The van der Waals surface area contributed by atoms with Gasteiger partial charge in [0.05, 0.1) is 6.61 Å². The molecule has 0 saturated carbocycles. The normalized spacial score (nSPS) is 49.3. The summed E-state index contributed by atoms with van der Waals surface area (Å²) in [6, 6.07) is 0. The van der Waals surface area contributed by atoms with Gasteiger partial charge >= 0.3 is 0 Å². The monoisotopic (exact) mass is 210 g/mol. The molecule has 14 heavy (non-hydrogen) atoms. The van der Waals surface area contributed by atoms with Crippen LogP contribution in [0.1, 0.15) is 0 Å². The SMILES string of the molecule is CO[C@@H]1C(O)OC(O)(CO)[C@@H](O)[C@H]1O. The Morgan fingerprint density at radius 1 is 1.36 bits per heavy atom. The molecule has 2 unspecified atom stereocenters. The molecule has 0 spiro atoms. The lowest BCUT2D eigenvalue weighted by atomic mass is 9.96. The summed E-state index contributed by atoms with van der Waals surface area (Å²) >= 11 is 0. The summed E-state index contributed by atoms with van der Waals surface area (Å²) in [6.07, 6.45) is -6.07. The Balaban J connectivity index is 2.83. The lowest BCUT2D eigenvalue weighted by Crippen LogP contribution is -2.66. The predicted octanol–water partition coefficient (Wildman–Crippen LogP) is -3.25. The first kappa shape index (κ1) is 11.8. The summed E-state index contributed by atoms with van der Waals surface area (Å²) in [7, 11) is 1.20. The van der Waals surface area contributed by atoms with Gasteiger partial charge in [0.1, 0.15) is 18.3 Å². The number of aliphatic hydroxyl groups is 5. The summed E-state index contributed by atoms with van der Waals surface area (Å²) in [5.74, 6) is -2.37.